The number of amidine groups is 1. The van der Waals surface area contributed by atoms with Crippen molar-refractivity contribution < 1.29 is 4.74 Å². The Hall–Kier alpha value is -2.00. The number of nitrogens with two attached hydrogens (primary N) is 1. The summed E-state index contributed by atoms with van der Waals surface area (Å²) in [6, 6.07) is 13.1. The first-order valence-corrected chi connectivity index (χ1v) is 7.08. The van der Waals surface area contributed by atoms with Crippen molar-refractivity contribution in [3.8, 4) is 11.5 Å². The summed E-state index contributed by atoms with van der Waals surface area (Å²) in [5.41, 5.74) is 7.22. The molecule has 110 valence electrons. The van der Waals surface area contributed by atoms with Gasteiger partial charge in [0.15, 0.2) is 0 Å². The maximum Gasteiger partial charge on any atom is 0.139 e. The molecule has 0 heterocycles. The lowest BCUT2D eigenvalue weighted by molar-refractivity contribution is 0.477. The van der Waals surface area contributed by atoms with Crippen molar-refractivity contribution in [3.63, 3.8) is 0 Å². The van der Waals surface area contributed by atoms with E-state index in [1.165, 1.54) is 5.56 Å². The molecule has 0 aliphatic rings. The molecule has 0 bridgehead atoms. The Balaban J connectivity index is 2.40. The van der Waals surface area contributed by atoms with Gasteiger partial charge in [-0.1, -0.05) is 50.6 Å². The molecule has 0 saturated heterocycles. The minimum absolute atomic E-state index is 0.0388. The third-order valence-corrected chi connectivity index (χ3v) is 3.49. The summed E-state index contributed by atoms with van der Waals surface area (Å²) in [4.78, 5) is 0. The molecule has 0 radical (unpaired) electrons. The van der Waals surface area contributed by atoms with E-state index in [0.29, 0.717) is 22.1 Å². The summed E-state index contributed by atoms with van der Waals surface area (Å²) in [6.45, 7) is 6.44. The highest BCUT2D eigenvalue weighted by molar-refractivity contribution is 6.34. The van der Waals surface area contributed by atoms with E-state index < -0.39 is 0 Å². The van der Waals surface area contributed by atoms with Crippen LogP contribution >= 0.6 is 11.6 Å². The first kappa shape index (κ1) is 15.4. The quantitative estimate of drug-likeness (QED) is 0.637. The molecule has 21 heavy (non-hydrogen) atoms. The van der Waals surface area contributed by atoms with Gasteiger partial charge in [0.1, 0.15) is 17.3 Å². The molecule has 0 saturated carbocycles. The molecular formula is C17H19ClN2O. The summed E-state index contributed by atoms with van der Waals surface area (Å²) in [7, 11) is 0. The average Bonchev–Trinajstić information content (AvgIpc) is 2.37. The fourth-order valence-corrected chi connectivity index (χ4v) is 2.27. The third kappa shape index (κ3) is 3.56. The highest BCUT2D eigenvalue weighted by Crippen LogP contribution is 2.32. The summed E-state index contributed by atoms with van der Waals surface area (Å²) < 4.78 is 5.88. The molecule has 4 heteroatoms. The normalized spacial score (nSPS) is 11.2. The van der Waals surface area contributed by atoms with Gasteiger partial charge in [-0.15, -0.1) is 0 Å². The Bertz CT molecular complexity index is 675. The first-order valence-electron chi connectivity index (χ1n) is 6.70. The lowest BCUT2D eigenvalue weighted by atomic mass is 9.87. The van der Waals surface area contributed by atoms with Crippen LogP contribution in [0.1, 0.15) is 31.9 Å². The summed E-state index contributed by atoms with van der Waals surface area (Å²) >= 11 is 6.09. The monoisotopic (exact) mass is 302 g/mol. The summed E-state index contributed by atoms with van der Waals surface area (Å²) in [5, 5.41) is 8.05. The second-order valence-electron chi connectivity index (χ2n) is 5.91. The number of rotatable bonds is 3. The van der Waals surface area contributed by atoms with Crippen LogP contribution in [0.2, 0.25) is 5.02 Å². The molecule has 0 aliphatic carbocycles. The van der Waals surface area contributed by atoms with Crippen LogP contribution < -0.4 is 10.5 Å². The van der Waals surface area contributed by atoms with Gasteiger partial charge in [-0.3, -0.25) is 5.41 Å². The summed E-state index contributed by atoms with van der Waals surface area (Å²) in [5.74, 6) is 1.08. The van der Waals surface area contributed by atoms with Gasteiger partial charge >= 0.3 is 0 Å². The predicted molar refractivity (Wildman–Crippen MR) is 87.7 cm³/mol. The Labute approximate surface area is 130 Å². The molecular weight excluding hydrogens is 284 g/mol. The maximum absolute atomic E-state index is 7.64. The highest BCUT2D eigenvalue weighted by atomic mass is 35.5. The van der Waals surface area contributed by atoms with Crippen molar-refractivity contribution >= 4 is 17.4 Å². The standard InChI is InChI=1S/C17H19ClN2O/c1-17(2,3)11-6-4-7-12(10-11)21-14-9-5-8-13(18)15(14)16(19)20/h4-10H,1-3H3,(H3,19,20). The van der Waals surface area contributed by atoms with Crippen LogP contribution in [0.3, 0.4) is 0 Å². The number of halogens is 1. The van der Waals surface area contributed by atoms with E-state index in [1.807, 2.05) is 18.2 Å². The second-order valence-corrected chi connectivity index (χ2v) is 6.31. The zero-order valence-corrected chi connectivity index (χ0v) is 13.2. The third-order valence-electron chi connectivity index (χ3n) is 3.17. The number of hydrogen-bond donors (Lipinski definition) is 2. The Morgan fingerprint density at radius 3 is 2.43 bits per heavy atom. The fraction of sp³-hybridized carbons (Fsp3) is 0.235. The highest BCUT2D eigenvalue weighted by Gasteiger charge is 2.16. The number of nitrogen functional groups attached to an aromatic ring is 1. The molecule has 0 fully saturated rings. The SMILES string of the molecule is CC(C)(C)c1cccc(Oc2cccc(Cl)c2C(=N)N)c1. The largest absolute Gasteiger partial charge is 0.457 e. The lowest BCUT2D eigenvalue weighted by Gasteiger charge is -2.20. The zero-order valence-electron chi connectivity index (χ0n) is 12.4. The van der Waals surface area contributed by atoms with E-state index in [-0.39, 0.29) is 11.3 Å². The van der Waals surface area contributed by atoms with Crippen molar-refractivity contribution in [2.75, 3.05) is 0 Å². The van der Waals surface area contributed by atoms with Crippen molar-refractivity contribution in [1.29, 1.82) is 5.41 Å². The molecule has 3 nitrogen and oxygen atoms in total. The van der Waals surface area contributed by atoms with Gasteiger partial charge in [0.25, 0.3) is 0 Å². The molecule has 0 atom stereocenters. The van der Waals surface area contributed by atoms with E-state index in [4.69, 9.17) is 27.5 Å². The van der Waals surface area contributed by atoms with E-state index in [9.17, 15) is 0 Å². The molecule has 2 rings (SSSR count). The minimum Gasteiger partial charge on any atom is -0.457 e. The van der Waals surface area contributed by atoms with Crippen molar-refractivity contribution in [2.24, 2.45) is 5.73 Å². The van der Waals surface area contributed by atoms with Crippen molar-refractivity contribution in [1.82, 2.24) is 0 Å². The van der Waals surface area contributed by atoms with Gasteiger partial charge < -0.3 is 10.5 Å². The number of ether oxygens (including phenoxy) is 1. The van der Waals surface area contributed by atoms with Crippen molar-refractivity contribution in [2.45, 2.75) is 26.2 Å². The number of benzene rings is 2. The first-order chi connectivity index (χ1) is 9.79. The number of nitrogens with one attached hydrogen (secondary N) is 1. The van der Waals surface area contributed by atoms with Crippen LogP contribution in [0.15, 0.2) is 42.5 Å². The molecule has 0 spiro atoms. The zero-order chi connectivity index (χ0) is 15.6. The van der Waals surface area contributed by atoms with E-state index in [0.717, 1.165) is 0 Å². The average molecular weight is 303 g/mol. The molecule has 3 N–H and O–H groups in total. The number of hydrogen-bond acceptors (Lipinski definition) is 2. The van der Waals surface area contributed by atoms with Gasteiger partial charge in [0.2, 0.25) is 0 Å². The van der Waals surface area contributed by atoms with Crippen LogP contribution in [0.4, 0.5) is 0 Å². The van der Waals surface area contributed by atoms with Gasteiger partial charge in [-0.25, -0.2) is 0 Å². The molecule has 2 aromatic carbocycles. The smallest absolute Gasteiger partial charge is 0.139 e. The van der Waals surface area contributed by atoms with Gasteiger partial charge in [0.05, 0.1) is 10.6 Å². The van der Waals surface area contributed by atoms with Crippen LogP contribution in [0, 0.1) is 5.41 Å². The lowest BCUT2D eigenvalue weighted by Crippen LogP contribution is -2.13. The molecule has 0 amide bonds. The second kappa shape index (κ2) is 5.78. The van der Waals surface area contributed by atoms with Crippen LogP contribution in [-0.4, -0.2) is 5.84 Å². The van der Waals surface area contributed by atoms with Crippen molar-refractivity contribution in [3.05, 3.63) is 58.6 Å². The maximum atomic E-state index is 7.64. The fourth-order valence-electron chi connectivity index (χ4n) is 2.00. The minimum atomic E-state index is -0.109. The van der Waals surface area contributed by atoms with Gasteiger partial charge in [0, 0.05) is 0 Å². The van der Waals surface area contributed by atoms with E-state index >= 15 is 0 Å². The Kier molecular flexibility index (Phi) is 4.24. The Morgan fingerprint density at radius 1 is 1.14 bits per heavy atom. The van der Waals surface area contributed by atoms with Gasteiger partial charge in [-0.05, 0) is 35.2 Å². The topological polar surface area (TPSA) is 59.1 Å². The molecule has 0 unspecified atom stereocenters. The molecule has 0 aliphatic heterocycles. The predicted octanol–water partition coefficient (Wildman–Crippen LogP) is 4.71. The molecule has 0 aromatic heterocycles. The van der Waals surface area contributed by atoms with E-state index in [2.05, 4.69) is 26.8 Å². The van der Waals surface area contributed by atoms with Crippen LogP contribution in [0.25, 0.3) is 0 Å². The summed E-state index contributed by atoms with van der Waals surface area (Å²) in [6.07, 6.45) is 0. The Morgan fingerprint density at radius 2 is 1.81 bits per heavy atom. The molecule has 2 aromatic rings. The van der Waals surface area contributed by atoms with E-state index in [1.54, 1.807) is 18.2 Å². The van der Waals surface area contributed by atoms with Crippen LogP contribution in [-0.2, 0) is 5.41 Å². The van der Waals surface area contributed by atoms with Gasteiger partial charge in [-0.2, -0.15) is 0 Å². The van der Waals surface area contributed by atoms with Crippen LogP contribution in [0.5, 0.6) is 11.5 Å².